The second-order valence-corrected chi connectivity index (χ2v) is 18.8. The monoisotopic (exact) mass is 917 g/mol. The quantitative estimate of drug-likeness (QED) is 0.109. The van der Waals surface area contributed by atoms with Gasteiger partial charge in [-0.25, -0.2) is 4.99 Å². The third kappa shape index (κ3) is 11.4. The molecule has 66 heavy (non-hydrogen) atoms. The first kappa shape index (κ1) is 50.1. The van der Waals surface area contributed by atoms with Gasteiger partial charge in [-0.2, -0.15) is 0 Å². The number of likely N-dealkylation sites (tertiary alicyclic amines) is 1. The van der Waals surface area contributed by atoms with E-state index >= 15 is 0 Å². The lowest BCUT2D eigenvalue weighted by atomic mass is 9.91. The summed E-state index contributed by atoms with van der Waals surface area (Å²) in [6, 6.07) is 0. The molecular weight excluding hydrogens is 851 g/mol. The van der Waals surface area contributed by atoms with Gasteiger partial charge in [0.25, 0.3) is 5.91 Å². The van der Waals surface area contributed by atoms with Crippen molar-refractivity contribution in [2.45, 2.75) is 117 Å². The number of allylic oxidation sites excluding steroid dienone is 3. The summed E-state index contributed by atoms with van der Waals surface area (Å²) in [6.45, 7) is 14.5. The van der Waals surface area contributed by atoms with Crippen LogP contribution in [0.25, 0.3) is 10.8 Å². The van der Waals surface area contributed by atoms with Crippen molar-refractivity contribution in [3.63, 3.8) is 0 Å². The van der Waals surface area contributed by atoms with E-state index in [2.05, 4.69) is 29.1 Å². The molecule has 17 heteroatoms. The van der Waals surface area contributed by atoms with E-state index in [0.717, 1.165) is 19.6 Å². The van der Waals surface area contributed by atoms with Gasteiger partial charge in [-0.15, -0.1) is 0 Å². The van der Waals surface area contributed by atoms with E-state index in [1.807, 2.05) is 32.0 Å². The normalized spacial score (nSPS) is 26.5. The smallest absolute Gasteiger partial charge is 0.317 e. The second kappa shape index (κ2) is 21.5. The third-order valence-corrected chi connectivity index (χ3v) is 12.7. The molecule has 0 radical (unpaired) electrons. The van der Waals surface area contributed by atoms with Gasteiger partial charge in [0.1, 0.15) is 40.4 Å². The maximum absolute atomic E-state index is 14.5. The molecule has 360 valence electrons. The molecule has 0 saturated carbocycles. The number of aliphatic hydroxyl groups excluding tert-OH is 1. The van der Waals surface area contributed by atoms with Crippen LogP contribution < -0.4 is 20.8 Å². The first-order valence-corrected chi connectivity index (χ1v) is 23.0. The fraction of sp³-hybridized carbons (Fsp3) is 0.592. The summed E-state index contributed by atoms with van der Waals surface area (Å²) < 4.78 is 29.0. The maximum Gasteiger partial charge on any atom is 0.317 e. The minimum atomic E-state index is -1.52. The number of esters is 2. The number of anilines is 1. The lowest BCUT2D eigenvalue weighted by molar-refractivity contribution is -0.162. The van der Waals surface area contributed by atoms with Crippen LogP contribution in [0.5, 0.6) is 17.2 Å². The lowest BCUT2D eigenvalue weighted by Gasteiger charge is -2.38. The van der Waals surface area contributed by atoms with Crippen molar-refractivity contribution < 1.29 is 58.2 Å². The second-order valence-electron chi connectivity index (χ2n) is 18.8. The molecule has 1 fully saturated rings. The van der Waals surface area contributed by atoms with Crippen LogP contribution in [0.1, 0.15) is 95.5 Å². The summed E-state index contributed by atoms with van der Waals surface area (Å²) in [5.41, 5.74) is -0.0285. The highest BCUT2D eigenvalue weighted by Crippen LogP contribution is 2.49. The fourth-order valence-electron chi connectivity index (χ4n) is 8.99. The van der Waals surface area contributed by atoms with Crippen LogP contribution in [0.3, 0.4) is 0 Å². The van der Waals surface area contributed by atoms with Crippen LogP contribution in [0.15, 0.2) is 46.1 Å². The Hall–Kier alpha value is -5.36. The summed E-state index contributed by atoms with van der Waals surface area (Å²) in [6.07, 6.45) is 5.97. The van der Waals surface area contributed by atoms with E-state index in [1.165, 1.54) is 19.4 Å². The number of carbonyl (C=O) groups excluding carboxylic acids is 4. The van der Waals surface area contributed by atoms with Gasteiger partial charge in [0.15, 0.2) is 5.75 Å². The minimum Gasteiger partial charge on any atom is -0.507 e. The van der Waals surface area contributed by atoms with E-state index in [9.17, 15) is 34.5 Å². The molecule has 0 aliphatic carbocycles. The summed E-state index contributed by atoms with van der Waals surface area (Å²) in [5, 5.41) is 38.8. The molecule has 4 N–H and O–H groups in total. The minimum absolute atomic E-state index is 0.0244. The highest BCUT2D eigenvalue weighted by atomic mass is 16.7. The van der Waals surface area contributed by atoms with Crippen LogP contribution in [0.4, 0.5) is 5.69 Å². The zero-order chi connectivity index (χ0) is 48.0. The van der Waals surface area contributed by atoms with E-state index < -0.39 is 72.0 Å². The van der Waals surface area contributed by atoms with Gasteiger partial charge >= 0.3 is 18.2 Å². The number of nitrogens with one attached hydrogen (secondary N) is 1. The van der Waals surface area contributed by atoms with Crippen molar-refractivity contribution in [3.8, 4) is 17.2 Å². The molecule has 0 aromatic heterocycles. The Kier molecular flexibility index (Phi) is 16.3. The number of piperidine rings is 1. The van der Waals surface area contributed by atoms with Crippen LogP contribution in [-0.2, 0) is 33.3 Å². The summed E-state index contributed by atoms with van der Waals surface area (Å²) in [5.74, 6) is -3.76. The number of hydrogen-bond donors (Lipinski definition) is 4. The number of aromatic hydroxyl groups is 2. The Morgan fingerprint density at radius 3 is 2.44 bits per heavy atom. The molecule has 4 aliphatic heterocycles. The molecule has 17 nitrogen and oxygen atoms in total. The number of ether oxygens (including phenoxy) is 5. The van der Waals surface area contributed by atoms with Gasteiger partial charge in [-0.1, -0.05) is 45.9 Å². The highest BCUT2D eigenvalue weighted by Gasteiger charge is 2.44. The molecule has 2 aromatic carbocycles. The summed E-state index contributed by atoms with van der Waals surface area (Å²) >= 11 is 0. The highest BCUT2D eigenvalue weighted by molar-refractivity contribution is 6.20. The van der Waals surface area contributed by atoms with Gasteiger partial charge < -0.3 is 54.1 Å². The van der Waals surface area contributed by atoms with Crippen LogP contribution in [0.2, 0.25) is 0 Å². The van der Waals surface area contributed by atoms with E-state index in [-0.39, 0.29) is 68.6 Å². The van der Waals surface area contributed by atoms with Crippen LogP contribution in [-0.4, -0.2) is 133 Å². The van der Waals surface area contributed by atoms with Crippen molar-refractivity contribution in [1.82, 2.24) is 9.80 Å². The Morgan fingerprint density at radius 1 is 1.03 bits per heavy atom. The predicted molar refractivity (Wildman–Crippen MR) is 246 cm³/mol. The number of phenols is 2. The summed E-state index contributed by atoms with van der Waals surface area (Å²) in [4.78, 5) is 67.9. The van der Waals surface area contributed by atoms with Crippen molar-refractivity contribution in [2.24, 2.45) is 27.7 Å². The Morgan fingerprint density at radius 2 is 1.76 bits per heavy atom. The molecule has 2 aromatic rings. The number of hydrogen-bond acceptors (Lipinski definition) is 16. The van der Waals surface area contributed by atoms with Crippen molar-refractivity contribution in [1.29, 1.82) is 0 Å². The van der Waals surface area contributed by atoms with E-state index in [4.69, 9.17) is 28.7 Å². The molecule has 4 aliphatic rings. The Bertz CT molecular complexity index is 2380. The molecule has 6 atom stereocenters. The number of Topliss-reactive ketones (excluding diaryl/α,β-unsaturated/α-hetero) is 1. The topological polar surface area (TPSA) is 218 Å². The number of nitrogens with zero attached hydrogens (tertiary/aromatic N) is 4. The zero-order valence-corrected chi connectivity index (χ0v) is 39.7. The van der Waals surface area contributed by atoms with E-state index in [1.54, 1.807) is 32.9 Å². The summed E-state index contributed by atoms with van der Waals surface area (Å²) in [7, 11) is 5.26. The van der Waals surface area contributed by atoms with E-state index in [0.29, 0.717) is 50.3 Å². The predicted octanol–water partition coefficient (Wildman–Crippen LogP) is 4.76. The van der Waals surface area contributed by atoms with Gasteiger partial charge in [-0.3, -0.25) is 24.2 Å². The first-order chi connectivity index (χ1) is 31.3. The molecule has 1 spiro atoms. The number of rotatable bonds is 10. The molecule has 4 bridgehead atoms. The number of methoxy groups -OCH3 is 1. The molecule has 4 heterocycles. The van der Waals surface area contributed by atoms with Crippen molar-refractivity contribution >= 4 is 40.1 Å². The number of phenolic OH excluding ortho intramolecular Hbond substituents is 2. The van der Waals surface area contributed by atoms with Crippen molar-refractivity contribution in [2.75, 3.05) is 59.3 Å². The number of ketones is 1. The number of carbonyl (C=O) groups is 4. The molecular formula is C49H67N5O12. The zero-order valence-electron chi connectivity index (χ0n) is 39.7. The molecule has 6 rings (SSSR count). The first-order valence-electron chi connectivity index (χ1n) is 23.0. The molecule has 1 saturated heterocycles. The number of benzene rings is 2. The Balaban J connectivity index is 1.38. The van der Waals surface area contributed by atoms with Gasteiger partial charge in [0.2, 0.25) is 5.78 Å². The largest absolute Gasteiger partial charge is 0.507 e. The van der Waals surface area contributed by atoms with Gasteiger partial charge in [0.05, 0.1) is 41.7 Å². The van der Waals surface area contributed by atoms with Crippen LogP contribution >= 0.6 is 0 Å². The Labute approximate surface area is 386 Å². The average Bonchev–Trinajstić information content (AvgIpc) is 3.80. The number of fused-ring (bicyclic) bond motifs is 1. The van der Waals surface area contributed by atoms with Gasteiger partial charge in [0, 0.05) is 75.0 Å². The average molecular weight is 918 g/mol. The van der Waals surface area contributed by atoms with Crippen molar-refractivity contribution in [3.05, 3.63) is 58.0 Å². The van der Waals surface area contributed by atoms with Crippen LogP contribution in [0, 0.1) is 24.7 Å². The standard InChI is InChI=1S/C49H67N5O12/c1-27(2)26-54-20-17-49(18-21-54)51-40-37-38-43(58)31(6)46-39(37)45(60)48(66-46)64-23-16-33(62-9)30(5)34(65-36(57)25-35(56)63-22-11-19-53(7)8)24-32(55)15-14-28(3)12-10-13-29(4)47(61)50-42(44(38)59)41(40)52-49/h10,12-13,16,23,27-28,30,32-34,48,51,55,58-59H,11,14-15,17-22,24-26H2,1-9H3/b12-10+,23-16+,29-13-,50-42?/t28-,30+,32+,33-,34-,48-/m0/s1. The SMILES string of the molecule is CO[C@H]1/C=C/O[C@H]2Oc3c(C)c(O)c4c(O)c(c5c(c4c3C2=O)NC2(CCN(CC(C)C)CC2)N=5)=NC(=O)/C(C)=C\C=C\[C@H](C)CC[C@@H](O)C[C@H](OC(=O)CC(=O)OCCCN(C)C)[C@@H]1C. The lowest BCUT2D eigenvalue weighted by Crippen LogP contribution is -2.47. The number of amides is 1. The number of aliphatic hydroxyl groups is 1. The molecule has 1 amide bonds. The molecule has 0 unspecified atom stereocenters. The van der Waals surface area contributed by atoms with Gasteiger partial charge in [-0.05, 0) is 65.1 Å². The fourth-order valence-corrected chi connectivity index (χ4v) is 8.99. The third-order valence-electron chi connectivity index (χ3n) is 12.7. The maximum atomic E-state index is 14.5.